The van der Waals surface area contributed by atoms with Crippen LogP contribution in [0.2, 0.25) is 0 Å². The van der Waals surface area contributed by atoms with Crippen LogP contribution < -0.4 is 5.32 Å². The predicted molar refractivity (Wildman–Crippen MR) is 58.9 cm³/mol. The summed E-state index contributed by atoms with van der Waals surface area (Å²) in [5.74, 6) is 2.10. The van der Waals surface area contributed by atoms with Crippen molar-refractivity contribution < 1.29 is 4.74 Å². The van der Waals surface area contributed by atoms with E-state index in [4.69, 9.17) is 9.73 Å². The molecule has 2 saturated heterocycles. The molecule has 82 valence electrons. The maximum absolute atomic E-state index is 5.75. The number of hydrogen-bond donors (Lipinski definition) is 1. The first-order chi connectivity index (χ1) is 7.34. The molecule has 0 aromatic rings. The first-order valence-electron chi connectivity index (χ1n) is 5.73. The number of aliphatic imine (C=N–C) groups is 1. The molecule has 0 bridgehead atoms. The fourth-order valence-electron chi connectivity index (χ4n) is 2.41. The van der Waals surface area contributed by atoms with Crippen molar-refractivity contribution in [1.82, 2.24) is 10.2 Å². The molecule has 2 unspecified atom stereocenters. The summed E-state index contributed by atoms with van der Waals surface area (Å²) in [6, 6.07) is 0.876. The summed E-state index contributed by atoms with van der Waals surface area (Å²) in [5.41, 5.74) is 0. The smallest absolute Gasteiger partial charge is 0.167 e. The average molecular weight is 207 g/mol. The monoisotopic (exact) mass is 207 g/mol. The van der Waals surface area contributed by atoms with Gasteiger partial charge < -0.3 is 15.0 Å². The van der Waals surface area contributed by atoms with Gasteiger partial charge in [0.2, 0.25) is 0 Å². The molecule has 3 heterocycles. The maximum atomic E-state index is 5.75. The maximum Gasteiger partial charge on any atom is 0.167 e. The fourth-order valence-corrected chi connectivity index (χ4v) is 2.41. The second-order valence-electron chi connectivity index (χ2n) is 4.47. The van der Waals surface area contributed by atoms with Crippen LogP contribution in [0.5, 0.6) is 0 Å². The zero-order valence-corrected chi connectivity index (χ0v) is 9.07. The summed E-state index contributed by atoms with van der Waals surface area (Å²) < 4.78 is 5.75. The quantitative estimate of drug-likeness (QED) is 0.623. The standard InChI is InChI=1S/C11H17N3O/c1-8-2-3-10-11(13-8)14-5-4-12-6-9(14)7-15-10/h3,8-9,12H,2,4-7H2,1H3. The van der Waals surface area contributed by atoms with Crippen LogP contribution in [0.4, 0.5) is 0 Å². The molecule has 0 saturated carbocycles. The third-order valence-electron chi connectivity index (χ3n) is 3.26. The Labute approximate surface area is 90.0 Å². The highest BCUT2D eigenvalue weighted by molar-refractivity contribution is 5.98. The average Bonchev–Trinajstić information content (AvgIpc) is 2.29. The summed E-state index contributed by atoms with van der Waals surface area (Å²) in [7, 11) is 0. The molecule has 4 heteroatoms. The van der Waals surface area contributed by atoms with Crippen LogP contribution in [0.25, 0.3) is 0 Å². The van der Waals surface area contributed by atoms with Gasteiger partial charge in [-0.25, -0.2) is 0 Å². The Morgan fingerprint density at radius 2 is 2.53 bits per heavy atom. The van der Waals surface area contributed by atoms with E-state index in [0.29, 0.717) is 12.1 Å². The number of fused-ring (bicyclic) bond motifs is 3. The van der Waals surface area contributed by atoms with Crippen LogP contribution in [-0.2, 0) is 4.74 Å². The van der Waals surface area contributed by atoms with E-state index in [-0.39, 0.29) is 0 Å². The topological polar surface area (TPSA) is 36.9 Å². The first kappa shape index (κ1) is 9.21. The number of rotatable bonds is 0. The minimum atomic E-state index is 0.404. The lowest BCUT2D eigenvalue weighted by atomic mass is 10.1. The van der Waals surface area contributed by atoms with Crippen molar-refractivity contribution in [2.75, 3.05) is 26.2 Å². The Bertz CT molecular complexity index is 324. The number of morpholine rings is 1. The van der Waals surface area contributed by atoms with Crippen molar-refractivity contribution in [2.45, 2.75) is 25.4 Å². The molecule has 3 aliphatic heterocycles. The summed E-state index contributed by atoms with van der Waals surface area (Å²) in [5, 5.41) is 3.39. The normalized spacial score (nSPS) is 34.6. The van der Waals surface area contributed by atoms with Crippen LogP contribution in [0, 0.1) is 0 Å². The molecule has 0 aromatic heterocycles. The molecule has 2 fully saturated rings. The number of hydrogen-bond acceptors (Lipinski definition) is 4. The largest absolute Gasteiger partial charge is 0.488 e. The Morgan fingerprint density at radius 1 is 1.60 bits per heavy atom. The number of ether oxygens (including phenoxy) is 1. The Hall–Kier alpha value is -1.03. The van der Waals surface area contributed by atoms with Gasteiger partial charge in [0, 0.05) is 19.6 Å². The highest BCUT2D eigenvalue weighted by atomic mass is 16.5. The third kappa shape index (κ3) is 1.53. The highest BCUT2D eigenvalue weighted by Gasteiger charge is 2.34. The lowest BCUT2D eigenvalue weighted by molar-refractivity contribution is 0.0957. The molecular weight excluding hydrogens is 190 g/mol. The molecular formula is C11H17N3O. The van der Waals surface area contributed by atoms with Crippen molar-refractivity contribution in [3.63, 3.8) is 0 Å². The minimum absolute atomic E-state index is 0.404. The van der Waals surface area contributed by atoms with Crippen LogP contribution >= 0.6 is 0 Å². The third-order valence-corrected chi connectivity index (χ3v) is 3.26. The Balaban J connectivity index is 1.89. The second-order valence-corrected chi connectivity index (χ2v) is 4.47. The van der Waals surface area contributed by atoms with Crippen LogP contribution in [0.15, 0.2) is 16.8 Å². The Morgan fingerprint density at radius 3 is 3.47 bits per heavy atom. The van der Waals surface area contributed by atoms with Gasteiger partial charge in [-0.2, -0.15) is 0 Å². The molecule has 0 aromatic carbocycles. The second kappa shape index (κ2) is 3.52. The Kier molecular flexibility index (Phi) is 2.16. The van der Waals surface area contributed by atoms with E-state index in [1.165, 1.54) is 0 Å². The zero-order chi connectivity index (χ0) is 10.3. The van der Waals surface area contributed by atoms with Crippen molar-refractivity contribution >= 4 is 5.84 Å². The fraction of sp³-hybridized carbons (Fsp3) is 0.727. The molecule has 0 aliphatic carbocycles. The first-order valence-corrected chi connectivity index (χ1v) is 5.73. The van der Waals surface area contributed by atoms with Gasteiger partial charge in [-0.15, -0.1) is 0 Å². The highest BCUT2D eigenvalue weighted by Crippen LogP contribution is 2.23. The molecule has 3 rings (SSSR count). The summed E-state index contributed by atoms with van der Waals surface area (Å²) in [6.45, 7) is 6.08. The van der Waals surface area contributed by atoms with E-state index in [1.54, 1.807) is 0 Å². The van der Waals surface area contributed by atoms with Gasteiger partial charge in [-0.05, 0) is 19.4 Å². The molecule has 0 radical (unpaired) electrons. The molecule has 0 amide bonds. The van der Waals surface area contributed by atoms with Crippen molar-refractivity contribution in [2.24, 2.45) is 4.99 Å². The van der Waals surface area contributed by atoms with Crippen molar-refractivity contribution in [1.29, 1.82) is 0 Å². The number of dihydropyridines is 1. The van der Waals surface area contributed by atoms with Crippen molar-refractivity contribution in [3.8, 4) is 0 Å². The molecule has 4 nitrogen and oxygen atoms in total. The van der Waals surface area contributed by atoms with Crippen LogP contribution in [-0.4, -0.2) is 49.1 Å². The van der Waals surface area contributed by atoms with E-state index < -0.39 is 0 Å². The number of amidine groups is 1. The van der Waals surface area contributed by atoms with E-state index in [1.807, 2.05) is 0 Å². The summed E-state index contributed by atoms with van der Waals surface area (Å²) in [6.07, 6.45) is 3.20. The summed E-state index contributed by atoms with van der Waals surface area (Å²) in [4.78, 5) is 7.11. The van der Waals surface area contributed by atoms with Gasteiger partial charge in [0.05, 0.1) is 12.1 Å². The van der Waals surface area contributed by atoms with Gasteiger partial charge in [-0.3, -0.25) is 4.99 Å². The predicted octanol–water partition coefficient (Wildman–Crippen LogP) is 0.365. The van der Waals surface area contributed by atoms with Crippen LogP contribution in [0.1, 0.15) is 13.3 Å². The molecule has 15 heavy (non-hydrogen) atoms. The lowest BCUT2D eigenvalue weighted by Gasteiger charge is -2.43. The van der Waals surface area contributed by atoms with Gasteiger partial charge in [0.1, 0.15) is 6.61 Å². The SMILES string of the molecule is CC1CC=C2OCC3CNCCN3C2=N1. The number of nitrogens with zero attached hydrogens (tertiary/aromatic N) is 2. The van der Waals surface area contributed by atoms with Gasteiger partial charge in [0.15, 0.2) is 11.6 Å². The zero-order valence-electron chi connectivity index (χ0n) is 9.07. The van der Waals surface area contributed by atoms with E-state index in [9.17, 15) is 0 Å². The minimum Gasteiger partial charge on any atom is -0.488 e. The molecule has 0 spiro atoms. The van der Waals surface area contributed by atoms with Crippen molar-refractivity contribution in [3.05, 3.63) is 11.8 Å². The molecule has 3 aliphatic rings. The lowest BCUT2D eigenvalue weighted by Crippen LogP contribution is -2.59. The van der Waals surface area contributed by atoms with E-state index in [0.717, 1.165) is 44.3 Å². The van der Waals surface area contributed by atoms with E-state index in [2.05, 4.69) is 23.2 Å². The van der Waals surface area contributed by atoms with E-state index >= 15 is 0 Å². The number of nitrogens with one attached hydrogen (secondary N) is 1. The van der Waals surface area contributed by atoms with Gasteiger partial charge in [0.25, 0.3) is 0 Å². The van der Waals surface area contributed by atoms with Gasteiger partial charge >= 0.3 is 0 Å². The molecule has 2 atom stereocenters. The molecule has 1 N–H and O–H groups in total. The van der Waals surface area contributed by atoms with Crippen LogP contribution in [0.3, 0.4) is 0 Å². The van der Waals surface area contributed by atoms with Gasteiger partial charge in [-0.1, -0.05) is 0 Å². The summed E-state index contributed by atoms with van der Waals surface area (Å²) >= 11 is 0. The number of piperazine rings is 1.